The van der Waals surface area contributed by atoms with Crippen LogP contribution in [0.2, 0.25) is 0 Å². The quantitative estimate of drug-likeness (QED) is 0.336. The zero-order valence-electron chi connectivity index (χ0n) is 17.8. The summed E-state index contributed by atoms with van der Waals surface area (Å²) in [7, 11) is 0. The van der Waals surface area contributed by atoms with Crippen molar-refractivity contribution in [2.75, 3.05) is 11.9 Å². The number of rotatable bonds is 4. The summed E-state index contributed by atoms with van der Waals surface area (Å²) in [6.07, 6.45) is 6.70. The van der Waals surface area contributed by atoms with Crippen LogP contribution in [0.25, 0.3) is 44.6 Å². The van der Waals surface area contributed by atoms with Crippen LogP contribution >= 0.6 is 0 Å². The van der Waals surface area contributed by atoms with Gasteiger partial charge in [0, 0.05) is 29.7 Å². The van der Waals surface area contributed by atoms with Crippen LogP contribution in [0.4, 0.5) is 5.69 Å². The number of aromatic amines is 2. The van der Waals surface area contributed by atoms with Crippen LogP contribution in [0.5, 0.6) is 0 Å². The average Bonchev–Trinajstić information content (AvgIpc) is 3.29. The van der Waals surface area contributed by atoms with Crippen molar-refractivity contribution < 1.29 is 0 Å². The van der Waals surface area contributed by atoms with E-state index in [0.717, 1.165) is 51.8 Å². The number of nitrogens with one attached hydrogen (secondary N) is 4. The lowest BCUT2D eigenvalue weighted by Gasteiger charge is -2.24. The van der Waals surface area contributed by atoms with Gasteiger partial charge in [-0.25, -0.2) is 4.98 Å². The van der Waals surface area contributed by atoms with Crippen LogP contribution in [0.1, 0.15) is 6.42 Å². The molecule has 1 atom stereocenters. The molecule has 0 unspecified atom stereocenters. The van der Waals surface area contributed by atoms with E-state index in [1.54, 1.807) is 6.20 Å². The monoisotopic (exact) mass is 434 g/mol. The van der Waals surface area contributed by atoms with Gasteiger partial charge in [0.2, 0.25) is 0 Å². The van der Waals surface area contributed by atoms with E-state index in [0.29, 0.717) is 11.4 Å². The number of pyridine rings is 2. The average molecular weight is 435 g/mol. The molecule has 4 heterocycles. The van der Waals surface area contributed by atoms with Gasteiger partial charge in [-0.2, -0.15) is 0 Å². The molecule has 0 fully saturated rings. The number of hydrogen-bond donors (Lipinski definition) is 4. The molecule has 0 aliphatic carbocycles. The third kappa shape index (κ3) is 3.53. The Bertz CT molecular complexity index is 1520. The Morgan fingerprint density at radius 2 is 1.88 bits per heavy atom. The van der Waals surface area contributed by atoms with E-state index in [1.165, 1.54) is 0 Å². The molecular weight excluding hydrogens is 412 g/mol. The number of fused-ring (bicyclic) bond motifs is 2. The minimum absolute atomic E-state index is 0.140. The van der Waals surface area contributed by atoms with Crippen LogP contribution in [-0.2, 0) is 0 Å². The first-order valence-electron chi connectivity index (χ1n) is 11.0. The maximum absolute atomic E-state index is 13.3. The summed E-state index contributed by atoms with van der Waals surface area (Å²) < 4.78 is 0. The first-order chi connectivity index (χ1) is 16.3. The Hall–Kier alpha value is -4.39. The fraction of sp³-hybridized carbons (Fsp3) is 0.115. The number of H-pyrrole nitrogens is 2. The largest absolute Gasteiger partial charge is 0.389 e. The van der Waals surface area contributed by atoms with Crippen LogP contribution < -0.4 is 16.2 Å². The summed E-state index contributed by atoms with van der Waals surface area (Å²) in [5.41, 5.74) is 5.43. The molecule has 1 aliphatic heterocycles. The summed E-state index contributed by atoms with van der Waals surface area (Å²) >= 11 is 0. The second-order valence-corrected chi connectivity index (χ2v) is 8.17. The molecular formula is C26H22N6O. The summed E-state index contributed by atoms with van der Waals surface area (Å²) in [5.74, 6) is 0.546. The van der Waals surface area contributed by atoms with Gasteiger partial charge >= 0.3 is 0 Å². The summed E-state index contributed by atoms with van der Waals surface area (Å²) in [5, 5.41) is 7.83. The third-order valence-electron chi connectivity index (χ3n) is 5.97. The molecule has 2 aromatic carbocycles. The molecule has 0 spiro atoms. The van der Waals surface area contributed by atoms with E-state index >= 15 is 0 Å². The standard InChI is InChI=1S/C26H22N6O/c33-26-23(25-30-21-8-1-2-9-22(21)31-25)24(29-17-6-5-12-27-15-17)18-14-16(10-11-20(18)32-26)19-7-3-4-13-28-19/h1-5,7-14,17,27H,6,15H2,(H,30,31)(H2,29,32,33)/t17-/m0/s1. The minimum Gasteiger partial charge on any atom is -0.389 e. The number of anilines is 1. The molecule has 162 valence electrons. The fourth-order valence-electron chi connectivity index (χ4n) is 4.36. The van der Waals surface area contributed by atoms with E-state index in [1.807, 2.05) is 60.8 Å². The molecule has 0 radical (unpaired) electrons. The van der Waals surface area contributed by atoms with Gasteiger partial charge < -0.3 is 20.6 Å². The molecule has 0 bridgehead atoms. The highest BCUT2D eigenvalue weighted by Crippen LogP contribution is 2.34. The summed E-state index contributed by atoms with van der Waals surface area (Å²) in [6, 6.07) is 19.8. The van der Waals surface area contributed by atoms with Crippen LogP contribution in [-0.4, -0.2) is 32.5 Å². The fourth-order valence-corrected chi connectivity index (χ4v) is 4.36. The lowest BCUT2D eigenvalue weighted by atomic mass is 10.0. The SMILES string of the molecule is O=c1[nH]c2ccc(-c3ccccn3)cc2c(N[C@H]2CC=CNC2)c1-c1nc2ccccc2[nH]1. The van der Waals surface area contributed by atoms with Crippen molar-refractivity contribution in [3.63, 3.8) is 0 Å². The van der Waals surface area contributed by atoms with Gasteiger partial charge in [-0.3, -0.25) is 9.78 Å². The first-order valence-corrected chi connectivity index (χ1v) is 11.0. The normalized spacial score (nSPS) is 15.6. The number of hydrogen-bond acceptors (Lipinski definition) is 5. The number of imidazole rings is 1. The van der Waals surface area contributed by atoms with Crippen molar-refractivity contribution in [1.29, 1.82) is 0 Å². The highest BCUT2D eigenvalue weighted by molar-refractivity contribution is 6.01. The zero-order chi connectivity index (χ0) is 22.2. The Balaban J connectivity index is 1.60. The summed E-state index contributed by atoms with van der Waals surface area (Å²) in [6.45, 7) is 0.768. The van der Waals surface area contributed by atoms with E-state index in [4.69, 9.17) is 4.98 Å². The Morgan fingerprint density at radius 3 is 2.70 bits per heavy atom. The molecule has 0 saturated heterocycles. The van der Waals surface area contributed by atoms with E-state index in [9.17, 15) is 4.79 Å². The minimum atomic E-state index is -0.186. The van der Waals surface area contributed by atoms with Gasteiger partial charge in [-0.1, -0.05) is 30.3 Å². The molecule has 3 aromatic heterocycles. The highest BCUT2D eigenvalue weighted by atomic mass is 16.1. The molecule has 0 saturated carbocycles. The van der Waals surface area contributed by atoms with E-state index < -0.39 is 0 Å². The predicted molar refractivity (Wildman–Crippen MR) is 132 cm³/mol. The van der Waals surface area contributed by atoms with Crippen molar-refractivity contribution in [3.05, 3.63) is 89.5 Å². The van der Waals surface area contributed by atoms with E-state index in [-0.39, 0.29) is 11.6 Å². The molecule has 6 rings (SSSR count). The van der Waals surface area contributed by atoms with Gasteiger partial charge in [-0.05, 0) is 49.0 Å². The second kappa shape index (κ2) is 7.94. The number of para-hydroxylation sites is 2. The number of aromatic nitrogens is 4. The zero-order valence-corrected chi connectivity index (χ0v) is 17.8. The highest BCUT2D eigenvalue weighted by Gasteiger charge is 2.21. The van der Waals surface area contributed by atoms with Gasteiger partial charge in [0.25, 0.3) is 5.56 Å². The van der Waals surface area contributed by atoms with Gasteiger partial charge in [0.15, 0.2) is 0 Å². The molecule has 5 aromatic rings. The predicted octanol–water partition coefficient (Wildman–Crippen LogP) is 4.42. The van der Waals surface area contributed by atoms with Gasteiger partial charge in [0.1, 0.15) is 11.4 Å². The van der Waals surface area contributed by atoms with Crippen molar-refractivity contribution >= 4 is 27.6 Å². The molecule has 4 N–H and O–H groups in total. The molecule has 0 amide bonds. The van der Waals surface area contributed by atoms with Crippen molar-refractivity contribution in [3.8, 4) is 22.6 Å². The summed E-state index contributed by atoms with van der Waals surface area (Å²) in [4.78, 5) is 28.9. The van der Waals surface area contributed by atoms with Crippen molar-refractivity contribution in [2.45, 2.75) is 12.5 Å². The van der Waals surface area contributed by atoms with Gasteiger partial charge in [-0.15, -0.1) is 0 Å². The number of benzene rings is 2. The maximum Gasteiger partial charge on any atom is 0.261 e. The Morgan fingerprint density at radius 1 is 0.970 bits per heavy atom. The Kier molecular flexibility index (Phi) is 4.65. The van der Waals surface area contributed by atoms with Crippen LogP contribution in [0, 0.1) is 0 Å². The molecule has 7 nitrogen and oxygen atoms in total. The van der Waals surface area contributed by atoms with Crippen LogP contribution in [0.3, 0.4) is 0 Å². The molecule has 7 heteroatoms. The van der Waals surface area contributed by atoms with Crippen LogP contribution in [0.15, 0.2) is 83.9 Å². The van der Waals surface area contributed by atoms with E-state index in [2.05, 4.69) is 37.7 Å². The number of nitrogens with zero attached hydrogens (tertiary/aromatic N) is 2. The van der Waals surface area contributed by atoms with Crippen molar-refractivity contribution in [2.24, 2.45) is 0 Å². The lowest BCUT2D eigenvalue weighted by molar-refractivity contribution is 0.651. The Labute approximate surface area is 189 Å². The first kappa shape index (κ1) is 19.3. The topological polar surface area (TPSA) is 98.5 Å². The molecule has 33 heavy (non-hydrogen) atoms. The smallest absolute Gasteiger partial charge is 0.261 e. The third-order valence-corrected chi connectivity index (χ3v) is 5.97. The maximum atomic E-state index is 13.3. The second-order valence-electron chi connectivity index (χ2n) is 8.17. The lowest BCUT2D eigenvalue weighted by Crippen LogP contribution is -2.33. The molecule has 1 aliphatic rings. The van der Waals surface area contributed by atoms with Gasteiger partial charge in [0.05, 0.1) is 27.9 Å². The van der Waals surface area contributed by atoms with Crippen molar-refractivity contribution in [1.82, 2.24) is 25.3 Å².